The first-order chi connectivity index (χ1) is 12.9. The summed E-state index contributed by atoms with van der Waals surface area (Å²) in [5, 5.41) is 0. The van der Waals surface area contributed by atoms with Crippen molar-refractivity contribution in [1.29, 1.82) is 0 Å². The number of methoxy groups -OCH3 is 1. The molecule has 0 atom stereocenters. The maximum Gasteiger partial charge on any atom is 0.270 e. The minimum atomic E-state index is -0.118. The molecule has 0 N–H and O–H groups in total. The Kier molecular flexibility index (Phi) is 6.44. The first-order valence-electron chi connectivity index (χ1n) is 8.28. The SMILES string of the molecule is COc1cc(/C=C2/SC(=S)N(c3ccccc3)C2=O)cc(I)c1OC(C)C. The van der Waals surface area contributed by atoms with E-state index in [9.17, 15) is 4.79 Å². The Morgan fingerprint density at radius 3 is 2.56 bits per heavy atom. The molecular formula is C20H18INO3S2. The highest BCUT2D eigenvalue weighted by molar-refractivity contribution is 14.1. The quantitative estimate of drug-likeness (QED) is 0.302. The zero-order valence-corrected chi connectivity index (χ0v) is 18.9. The van der Waals surface area contributed by atoms with Crippen LogP contribution in [0.15, 0.2) is 47.4 Å². The average Bonchev–Trinajstić information content (AvgIpc) is 2.91. The van der Waals surface area contributed by atoms with Crippen LogP contribution in [0.1, 0.15) is 19.4 Å². The lowest BCUT2D eigenvalue weighted by Gasteiger charge is -2.16. The molecule has 1 amide bonds. The highest BCUT2D eigenvalue weighted by Crippen LogP contribution is 2.39. The van der Waals surface area contributed by atoms with Crippen LogP contribution in [0.4, 0.5) is 5.69 Å². The largest absolute Gasteiger partial charge is 0.493 e. The number of hydrogen-bond donors (Lipinski definition) is 0. The van der Waals surface area contributed by atoms with Gasteiger partial charge in [0.25, 0.3) is 5.91 Å². The number of para-hydroxylation sites is 1. The lowest BCUT2D eigenvalue weighted by molar-refractivity contribution is -0.113. The molecule has 0 aliphatic carbocycles. The van der Waals surface area contributed by atoms with Crippen LogP contribution >= 0.6 is 46.6 Å². The normalized spacial score (nSPS) is 15.7. The maximum absolute atomic E-state index is 12.9. The van der Waals surface area contributed by atoms with Gasteiger partial charge in [0.15, 0.2) is 15.8 Å². The number of benzene rings is 2. The predicted octanol–water partition coefficient (Wildman–Crippen LogP) is 5.49. The summed E-state index contributed by atoms with van der Waals surface area (Å²) in [6.45, 7) is 3.94. The molecule has 2 aromatic rings. The van der Waals surface area contributed by atoms with E-state index in [2.05, 4.69) is 22.6 Å². The van der Waals surface area contributed by atoms with Gasteiger partial charge in [-0.25, -0.2) is 0 Å². The van der Waals surface area contributed by atoms with Crippen molar-refractivity contribution < 1.29 is 14.3 Å². The Labute approximate surface area is 182 Å². The van der Waals surface area contributed by atoms with Crippen molar-refractivity contribution >= 4 is 68.6 Å². The molecule has 4 nitrogen and oxygen atoms in total. The van der Waals surface area contributed by atoms with Gasteiger partial charge in [0.2, 0.25) is 0 Å². The van der Waals surface area contributed by atoms with Crippen molar-refractivity contribution in [2.45, 2.75) is 20.0 Å². The van der Waals surface area contributed by atoms with Gasteiger partial charge in [-0.2, -0.15) is 0 Å². The van der Waals surface area contributed by atoms with Crippen LogP contribution in [0.2, 0.25) is 0 Å². The maximum atomic E-state index is 12.9. The summed E-state index contributed by atoms with van der Waals surface area (Å²) in [6, 6.07) is 13.3. The Hall–Kier alpha value is -1.58. The van der Waals surface area contributed by atoms with Gasteiger partial charge < -0.3 is 9.47 Å². The molecule has 0 bridgehead atoms. The number of carbonyl (C=O) groups is 1. The predicted molar refractivity (Wildman–Crippen MR) is 124 cm³/mol. The van der Waals surface area contributed by atoms with Gasteiger partial charge in [0.05, 0.1) is 27.4 Å². The van der Waals surface area contributed by atoms with Gasteiger partial charge in [-0.15, -0.1) is 0 Å². The molecule has 140 valence electrons. The smallest absolute Gasteiger partial charge is 0.270 e. The topological polar surface area (TPSA) is 38.8 Å². The second kappa shape index (κ2) is 8.62. The zero-order valence-electron chi connectivity index (χ0n) is 15.1. The third-order valence-corrected chi connectivity index (χ3v) is 5.81. The second-order valence-electron chi connectivity index (χ2n) is 6.05. The number of ether oxygens (including phenoxy) is 2. The molecule has 7 heteroatoms. The number of anilines is 1. The zero-order chi connectivity index (χ0) is 19.6. The lowest BCUT2D eigenvalue weighted by atomic mass is 10.1. The van der Waals surface area contributed by atoms with Crippen LogP contribution in [-0.4, -0.2) is 23.4 Å². The number of halogens is 1. The monoisotopic (exact) mass is 511 g/mol. The molecule has 1 aliphatic rings. The molecule has 1 heterocycles. The van der Waals surface area contributed by atoms with Crippen molar-refractivity contribution in [3.8, 4) is 11.5 Å². The molecule has 2 aromatic carbocycles. The van der Waals surface area contributed by atoms with Gasteiger partial charge in [-0.3, -0.25) is 9.69 Å². The molecule has 0 saturated carbocycles. The minimum absolute atomic E-state index is 0.0420. The minimum Gasteiger partial charge on any atom is -0.493 e. The number of carbonyl (C=O) groups excluding carboxylic acids is 1. The summed E-state index contributed by atoms with van der Waals surface area (Å²) < 4.78 is 12.8. The fourth-order valence-corrected chi connectivity index (χ4v) is 4.64. The Morgan fingerprint density at radius 2 is 1.93 bits per heavy atom. The van der Waals surface area contributed by atoms with Crippen molar-refractivity contribution in [3.63, 3.8) is 0 Å². The Morgan fingerprint density at radius 1 is 1.22 bits per heavy atom. The first-order valence-corrected chi connectivity index (χ1v) is 10.6. The van der Waals surface area contributed by atoms with Crippen LogP contribution in [0.5, 0.6) is 11.5 Å². The van der Waals surface area contributed by atoms with E-state index in [0.29, 0.717) is 20.7 Å². The lowest BCUT2D eigenvalue weighted by Crippen LogP contribution is -2.27. The molecule has 0 unspecified atom stereocenters. The molecule has 0 radical (unpaired) electrons. The van der Waals surface area contributed by atoms with Crippen LogP contribution in [-0.2, 0) is 4.79 Å². The van der Waals surface area contributed by atoms with Gasteiger partial charge in [-0.05, 0) is 72.3 Å². The van der Waals surface area contributed by atoms with E-state index in [0.717, 1.165) is 14.8 Å². The number of rotatable bonds is 5. The fraction of sp³-hybridized carbons (Fsp3) is 0.200. The van der Waals surface area contributed by atoms with Crippen molar-refractivity contribution in [3.05, 3.63) is 56.5 Å². The summed E-state index contributed by atoms with van der Waals surface area (Å²) in [6.07, 6.45) is 1.88. The van der Waals surface area contributed by atoms with E-state index in [-0.39, 0.29) is 12.0 Å². The molecule has 27 heavy (non-hydrogen) atoms. The fourth-order valence-electron chi connectivity index (χ4n) is 2.59. The van der Waals surface area contributed by atoms with Crippen molar-refractivity contribution in [1.82, 2.24) is 0 Å². The third kappa shape index (κ3) is 4.47. The van der Waals surface area contributed by atoms with Crippen LogP contribution < -0.4 is 14.4 Å². The summed E-state index contributed by atoms with van der Waals surface area (Å²) in [5.74, 6) is 1.23. The van der Waals surface area contributed by atoms with E-state index >= 15 is 0 Å². The highest BCUT2D eigenvalue weighted by Gasteiger charge is 2.33. The van der Waals surface area contributed by atoms with Gasteiger partial charge >= 0.3 is 0 Å². The van der Waals surface area contributed by atoms with E-state index in [1.165, 1.54) is 11.8 Å². The standard InChI is InChI=1S/C20H18INO3S2/c1-12(2)25-18-15(21)9-13(10-16(18)24-3)11-17-19(23)22(20(26)27-17)14-7-5-4-6-8-14/h4-12H,1-3H3/b17-11+. The highest BCUT2D eigenvalue weighted by atomic mass is 127. The van der Waals surface area contributed by atoms with Crippen LogP contribution in [0, 0.1) is 3.57 Å². The molecule has 1 saturated heterocycles. The van der Waals surface area contributed by atoms with Crippen LogP contribution in [0.25, 0.3) is 6.08 Å². The summed E-state index contributed by atoms with van der Waals surface area (Å²) in [4.78, 5) is 15.0. The van der Waals surface area contributed by atoms with Crippen molar-refractivity contribution in [2.75, 3.05) is 12.0 Å². The van der Waals surface area contributed by atoms with E-state index < -0.39 is 0 Å². The summed E-state index contributed by atoms with van der Waals surface area (Å²) >= 11 is 8.93. The number of thioether (sulfide) groups is 1. The molecular weight excluding hydrogens is 493 g/mol. The number of nitrogens with zero attached hydrogens (tertiary/aromatic N) is 1. The Bertz CT molecular complexity index is 913. The second-order valence-corrected chi connectivity index (χ2v) is 8.89. The van der Waals surface area contributed by atoms with E-state index in [1.807, 2.05) is 62.4 Å². The average molecular weight is 511 g/mol. The summed E-state index contributed by atoms with van der Waals surface area (Å²) in [7, 11) is 1.61. The molecule has 3 rings (SSSR count). The molecule has 0 spiro atoms. The first kappa shape index (κ1) is 20.2. The number of thiocarbonyl (C=S) groups is 1. The molecule has 1 fully saturated rings. The summed E-state index contributed by atoms with van der Waals surface area (Å²) in [5.41, 5.74) is 1.64. The Balaban J connectivity index is 1.94. The van der Waals surface area contributed by atoms with E-state index in [1.54, 1.807) is 12.0 Å². The number of hydrogen-bond acceptors (Lipinski definition) is 5. The van der Waals surface area contributed by atoms with E-state index in [4.69, 9.17) is 21.7 Å². The van der Waals surface area contributed by atoms with Crippen LogP contribution in [0.3, 0.4) is 0 Å². The molecule has 1 aliphatic heterocycles. The molecule has 0 aromatic heterocycles. The van der Waals surface area contributed by atoms with Gasteiger partial charge in [0, 0.05) is 0 Å². The number of amides is 1. The third-order valence-electron chi connectivity index (χ3n) is 3.71. The van der Waals surface area contributed by atoms with Crippen molar-refractivity contribution in [2.24, 2.45) is 0 Å². The van der Waals surface area contributed by atoms with Gasteiger partial charge in [0.1, 0.15) is 0 Å². The van der Waals surface area contributed by atoms with Gasteiger partial charge in [-0.1, -0.05) is 42.2 Å².